The van der Waals surface area contributed by atoms with Gasteiger partial charge in [0, 0.05) is 18.8 Å². The summed E-state index contributed by atoms with van der Waals surface area (Å²) in [6, 6.07) is 27.9. The number of amidine groups is 1. The first kappa shape index (κ1) is 19.6. The second-order valence-corrected chi connectivity index (χ2v) is 8.61. The van der Waals surface area contributed by atoms with E-state index in [1.165, 1.54) is 30.3 Å². The van der Waals surface area contributed by atoms with Gasteiger partial charge in [0.05, 0.1) is 16.3 Å². The Bertz CT molecular complexity index is 1120. The number of nitrogens with zero attached hydrogens (tertiary/aromatic N) is 3. The van der Waals surface area contributed by atoms with Crippen LogP contribution in [0.5, 0.6) is 0 Å². The lowest BCUT2D eigenvalue weighted by Gasteiger charge is -2.17. The van der Waals surface area contributed by atoms with Crippen molar-refractivity contribution in [3.8, 4) is 0 Å². The normalized spacial score (nSPS) is 19.0. The lowest BCUT2D eigenvalue weighted by atomic mass is 10.1. The highest BCUT2D eigenvalue weighted by molar-refractivity contribution is 8.19. The van der Waals surface area contributed by atoms with Gasteiger partial charge >= 0.3 is 0 Å². The van der Waals surface area contributed by atoms with Gasteiger partial charge in [-0.2, -0.15) is 0 Å². The molecule has 0 spiro atoms. The molecule has 2 aliphatic rings. The summed E-state index contributed by atoms with van der Waals surface area (Å²) in [5, 5.41) is 0.669. The van der Waals surface area contributed by atoms with Gasteiger partial charge in [-0.25, -0.2) is 4.99 Å². The molecular formula is C26H23N3OS. The van der Waals surface area contributed by atoms with Crippen LogP contribution in [-0.2, 0) is 4.79 Å². The summed E-state index contributed by atoms with van der Waals surface area (Å²) >= 11 is 1.42. The van der Waals surface area contributed by atoms with E-state index in [1.807, 2.05) is 66.7 Å². The molecule has 0 unspecified atom stereocenters. The number of rotatable bonds is 4. The zero-order chi connectivity index (χ0) is 21.0. The molecule has 5 heteroatoms. The molecule has 31 heavy (non-hydrogen) atoms. The Morgan fingerprint density at radius 2 is 1.42 bits per heavy atom. The second-order valence-electron chi connectivity index (χ2n) is 7.60. The third-order valence-electron chi connectivity index (χ3n) is 5.46. The van der Waals surface area contributed by atoms with E-state index in [1.54, 1.807) is 4.90 Å². The van der Waals surface area contributed by atoms with Crippen LogP contribution in [0.3, 0.4) is 0 Å². The first-order valence-electron chi connectivity index (χ1n) is 10.6. The van der Waals surface area contributed by atoms with Gasteiger partial charge in [-0.3, -0.25) is 9.69 Å². The zero-order valence-corrected chi connectivity index (χ0v) is 18.0. The molecule has 0 aliphatic carbocycles. The summed E-state index contributed by atoms with van der Waals surface area (Å²) in [4.78, 5) is 22.9. The van der Waals surface area contributed by atoms with Crippen molar-refractivity contribution < 1.29 is 4.79 Å². The second kappa shape index (κ2) is 8.82. The van der Waals surface area contributed by atoms with Gasteiger partial charge in [-0.05, 0) is 72.6 Å². The van der Waals surface area contributed by atoms with Crippen molar-refractivity contribution in [1.29, 1.82) is 0 Å². The van der Waals surface area contributed by atoms with Crippen LogP contribution >= 0.6 is 11.8 Å². The van der Waals surface area contributed by atoms with Crippen LogP contribution in [0, 0.1) is 0 Å². The van der Waals surface area contributed by atoms with E-state index >= 15 is 0 Å². The molecule has 2 saturated heterocycles. The number of thioether (sulfide) groups is 1. The van der Waals surface area contributed by atoms with Gasteiger partial charge in [0.25, 0.3) is 5.91 Å². The summed E-state index contributed by atoms with van der Waals surface area (Å²) in [5.41, 5.74) is 3.92. The Kier molecular flexibility index (Phi) is 5.59. The fourth-order valence-electron chi connectivity index (χ4n) is 3.87. The van der Waals surface area contributed by atoms with Gasteiger partial charge in [-0.1, -0.05) is 48.5 Å². The molecule has 2 fully saturated rings. The monoisotopic (exact) mass is 425 g/mol. The highest BCUT2D eigenvalue weighted by Gasteiger charge is 2.34. The highest BCUT2D eigenvalue weighted by Crippen LogP contribution is 2.37. The topological polar surface area (TPSA) is 35.9 Å². The molecule has 2 heterocycles. The Morgan fingerprint density at radius 3 is 2.10 bits per heavy atom. The number of carbonyl (C=O) groups excluding carboxylic acids is 1. The number of aliphatic imine (C=N–C) groups is 1. The minimum Gasteiger partial charge on any atom is -0.372 e. The van der Waals surface area contributed by atoms with Crippen LogP contribution in [0.15, 0.2) is 94.8 Å². The lowest BCUT2D eigenvalue weighted by molar-refractivity contribution is -0.113. The van der Waals surface area contributed by atoms with E-state index in [9.17, 15) is 4.79 Å². The fourth-order valence-corrected chi connectivity index (χ4v) is 4.88. The quantitative estimate of drug-likeness (QED) is 0.474. The maximum Gasteiger partial charge on any atom is 0.271 e. The van der Waals surface area contributed by atoms with E-state index in [4.69, 9.17) is 4.99 Å². The third kappa shape index (κ3) is 4.28. The Balaban J connectivity index is 1.47. The summed E-state index contributed by atoms with van der Waals surface area (Å²) in [7, 11) is 0. The zero-order valence-electron chi connectivity index (χ0n) is 17.1. The van der Waals surface area contributed by atoms with Crippen LogP contribution in [-0.4, -0.2) is 24.2 Å². The van der Waals surface area contributed by atoms with Gasteiger partial charge in [0.2, 0.25) is 0 Å². The number of anilines is 2. The predicted octanol–water partition coefficient (Wildman–Crippen LogP) is 6.10. The molecule has 0 atom stereocenters. The molecule has 0 bridgehead atoms. The summed E-state index contributed by atoms with van der Waals surface area (Å²) < 4.78 is 0. The van der Waals surface area contributed by atoms with Gasteiger partial charge < -0.3 is 4.90 Å². The van der Waals surface area contributed by atoms with Crippen LogP contribution in [0.2, 0.25) is 0 Å². The third-order valence-corrected chi connectivity index (χ3v) is 6.43. The average molecular weight is 426 g/mol. The minimum absolute atomic E-state index is 0.0468. The van der Waals surface area contributed by atoms with E-state index in [0.717, 1.165) is 30.0 Å². The Morgan fingerprint density at radius 1 is 0.774 bits per heavy atom. The van der Waals surface area contributed by atoms with E-state index in [2.05, 4.69) is 29.2 Å². The standard InChI is InChI=1S/C26H23N3OS/c30-25-24(19-20-13-15-22(16-14-20)28-17-7-8-18-28)31-26(27-21-9-3-1-4-10-21)29(25)23-11-5-2-6-12-23/h1-6,9-16,19H,7-8,17-18H2/b24-19-,27-26?. The number of hydrogen-bond acceptors (Lipinski definition) is 4. The molecule has 5 rings (SSSR count). The van der Waals surface area contributed by atoms with Crippen molar-refractivity contribution in [1.82, 2.24) is 0 Å². The number of hydrogen-bond donors (Lipinski definition) is 0. The summed E-state index contributed by atoms with van der Waals surface area (Å²) in [5.74, 6) is -0.0468. The van der Waals surface area contributed by atoms with Crippen molar-refractivity contribution in [2.24, 2.45) is 4.99 Å². The number of carbonyl (C=O) groups is 1. The van der Waals surface area contributed by atoms with Crippen molar-refractivity contribution in [3.63, 3.8) is 0 Å². The number of para-hydroxylation sites is 2. The van der Waals surface area contributed by atoms with Crippen LogP contribution in [0.1, 0.15) is 18.4 Å². The van der Waals surface area contributed by atoms with E-state index in [-0.39, 0.29) is 5.91 Å². The number of amides is 1. The molecule has 0 saturated carbocycles. The summed E-state index contributed by atoms with van der Waals surface area (Å²) in [6.45, 7) is 2.25. The van der Waals surface area contributed by atoms with E-state index < -0.39 is 0 Å². The average Bonchev–Trinajstić information content (AvgIpc) is 3.45. The van der Waals surface area contributed by atoms with E-state index in [0.29, 0.717) is 10.1 Å². The van der Waals surface area contributed by atoms with Crippen LogP contribution < -0.4 is 9.80 Å². The fraction of sp³-hybridized carbons (Fsp3) is 0.154. The summed E-state index contributed by atoms with van der Waals surface area (Å²) in [6.07, 6.45) is 4.48. The molecule has 3 aromatic carbocycles. The van der Waals surface area contributed by atoms with Gasteiger partial charge in [0.1, 0.15) is 0 Å². The van der Waals surface area contributed by atoms with Crippen molar-refractivity contribution in [2.45, 2.75) is 12.8 Å². The largest absolute Gasteiger partial charge is 0.372 e. The molecule has 1 amide bonds. The molecular weight excluding hydrogens is 402 g/mol. The molecule has 3 aromatic rings. The Hall–Kier alpha value is -3.31. The maximum atomic E-state index is 13.3. The molecule has 0 aromatic heterocycles. The maximum absolute atomic E-state index is 13.3. The molecule has 2 aliphatic heterocycles. The number of benzene rings is 3. The van der Waals surface area contributed by atoms with Gasteiger partial charge in [-0.15, -0.1) is 0 Å². The molecule has 0 N–H and O–H groups in total. The van der Waals surface area contributed by atoms with Crippen molar-refractivity contribution in [2.75, 3.05) is 22.9 Å². The Labute approximate surface area is 186 Å². The first-order chi connectivity index (χ1) is 15.3. The first-order valence-corrected chi connectivity index (χ1v) is 11.4. The molecule has 0 radical (unpaired) electrons. The molecule has 4 nitrogen and oxygen atoms in total. The minimum atomic E-state index is -0.0468. The van der Waals surface area contributed by atoms with Crippen LogP contribution in [0.25, 0.3) is 6.08 Å². The smallest absolute Gasteiger partial charge is 0.271 e. The highest BCUT2D eigenvalue weighted by atomic mass is 32.2. The lowest BCUT2D eigenvalue weighted by Crippen LogP contribution is -2.28. The van der Waals surface area contributed by atoms with Crippen LogP contribution in [0.4, 0.5) is 17.1 Å². The van der Waals surface area contributed by atoms with Crippen molar-refractivity contribution >= 4 is 46.0 Å². The van der Waals surface area contributed by atoms with Gasteiger partial charge in [0.15, 0.2) is 5.17 Å². The van der Waals surface area contributed by atoms with Crippen molar-refractivity contribution in [3.05, 3.63) is 95.4 Å². The predicted molar refractivity (Wildman–Crippen MR) is 131 cm³/mol. The SMILES string of the molecule is O=C1/C(=C/c2ccc(N3CCCC3)cc2)SC(=Nc2ccccc2)N1c1ccccc1. The molecule has 154 valence electrons.